The fraction of sp³-hybridized carbons (Fsp3) is 0.833. The number of hydrogen-bond acceptors (Lipinski definition) is 5. The highest BCUT2D eigenvalue weighted by Crippen LogP contribution is 2.50. The second kappa shape index (κ2) is 6.85. The molecule has 1 saturated heterocycles. The van der Waals surface area contributed by atoms with E-state index in [1.807, 2.05) is 48.5 Å². The van der Waals surface area contributed by atoms with E-state index in [-0.39, 0.29) is 17.2 Å². The van der Waals surface area contributed by atoms with E-state index in [0.29, 0.717) is 0 Å². The highest BCUT2D eigenvalue weighted by Gasteiger charge is 2.61. The Labute approximate surface area is 166 Å². The highest BCUT2D eigenvalue weighted by atomic mass is 28.4. The summed E-state index contributed by atoms with van der Waals surface area (Å²) in [6.07, 6.45) is -6.84. The van der Waals surface area contributed by atoms with E-state index in [0.717, 1.165) is 0 Å². The van der Waals surface area contributed by atoms with Crippen molar-refractivity contribution >= 4 is 20.9 Å². The van der Waals surface area contributed by atoms with Gasteiger partial charge in [0.15, 0.2) is 20.3 Å². The van der Waals surface area contributed by atoms with Crippen LogP contribution < -0.4 is 5.66 Å². The standard InChI is InChI=1S/C18H31BF3NO4Si/c1-11-23-12(13(18(20,21)22)25-28(9,10)15(2,3)4)14(24-11)19-16(5,6)17(7,8)26-27-19/h13H,1-10H3. The number of hydrogen-bond donors (Lipinski definition) is 0. The Morgan fingerprint density at radius 1 is 1.11 bits per heavy atom. The van der Waals surface area contributed by atoms with Gasteiger partial charge in [-0.25, -0.2) is 9.87 Å². The number of halogens is 3. The molecule has 1 aliphatic rings. The zero-order valence-corrected chi connectivity index (χ0v) is 19.4. The molecule has 10 heteroatoms. The highest BCUT2D eigenvalue weighted by molar-refractivity contribution is 6.74. The van der Waals surface area contributed by atoms with Gasteiger partial charge in [0.25, 0.3) is 0 Å². The molecule has 28 heavy (non-hydrogen) atoms. The number of aromatic nitrogens is 1. The minimum absolute atomic E-state index is 0.00843. The van der Waals surface area contributed by atoms with Crippen molar-refractivity contribution in [1.29, 1.82) is 0 Å². The van der Waals surface area contributed by atoms with Crippen molar-refractivity contribution in [2.24, 2.45) is 0 Å². The van der Waals surface area contributed by atoms with Crippen LogP contribution in [0.3, 0.4) is 0 Å². The Kier molecular flexibility index (Phi) is 5.74. The van der Waals surface area contributed by atoms with E-state index in [2.05, 4.69) is 4.98 Å². The van der Waals surface area contributed by atoms with Crippen molar-refractivity contribution in [1.82, 2.24) is 4.98 Å². The SMILES string of the molecule is Cc1nc(C(O[Si](C)(C)C(C)(C)C)C(F)(F)F)c(B2OOC(C)(C)C2(C)C)o1. The fourth-order valence-corrected chi connectivity index (χ4v) is 3.85. The number of rotatable bonds is 4. The second-order valence-corrected chi connectivity index (χ2v) is 14.8. The van der Waals surface area contributed by atoms with Crippen LogP contribution in [0.25, 0.3) is 0 Å². The number of oxazole rings is 1. The maximum atomic E-state index is 14.1. The van der Waals surface area contributed by atoms with Crippen LogP contribution in [0.4, 0.5) is 13.2 Å². The zero-order valence-electron chi connectivity index (χ0n) is 18.4. The summed E-state index contributed by atoms with van der Waals surface area (Å²) in [5.74, 6) is 0.127. The van der Waals surface area contributed by atoms with Gasteiger partial charge in [0.05, 0.1) is 5.60 Å². The Hall–Kier alpha value is -0.838. The van der Waals surface area contributed by atoms with Crippen molar-refractivity contribution in [2.45, 2.75) is 96.7 Å². The van der Waals surface area contributed by atoms with Crippen molar-refractivity contribution in [3.63, 3.8) is 0 Å². The maximum absolute atomic E-state index is 14.1. The molecule has 0 amide bonds. The molecule has 1 fully saturated rings. The van der Waals surface area contributed by atoms with E-state index in [9.17, 15) is 13.2 Å². The van der Waals surface area contributed by atoms with Crippen LogP contribution >= 0.6 is 0 Å². The molecule has 0 radical (unpaired) electrons. The lowest BCUT2D eigenvalue weighted by Crippen LogP contribution is -2.49. The lowest BCUT2D eigenvalue weighted by Gasteiger charge is -2.39. The number of alkyl halides is 3. The first-order valence-electron chi connectivity index (χ1n) is 9.37. The third-order valence-electron chi connectivity index (χ3n) is 6.35. The van der Waals surface area contributed by atoms with E-state index in [1.165, 1.54) is 6.92 Å². The Bertz CT molecular complexity index is 725. The summed E-state index contributed by atoms with van der Waals surface area (Å²) in [5.41, 5.74) is -0.993. The topological polar surface area (TPSA) is 53.7 Å². The van der Waals surface area contributed by atoms with Gasteiger partial charge in [0.2, 0.25) is 0 Å². The molecule has 0 saturated carbocycles. The van der Waals surface area contributed by atoms with Crippen molar-refractivity contribution < 1.29 is 31.7 Å². The molecule has 1 atom stereocenters. The summed E-state index contributed by atoms with van der Waals surface area (Å²) in [6, 6.07) is 0. The summed E-state index contributed by atoms with van der Waals surface area (Å²) >= 11 is 0. The Morgan fingerprint density at radius 2 is 1.64 bits per heavy atom. The average Bonchev–Trinajstić information content (AvgIpc) is 2.92. The molecule has 5 nitrogen and oxygen atoms in total. The van der Waals surface area contributed by atoms with E-state index >= 15 is 0 Å². The molecule has 0 spiro atoms. The molecule has 1 unspecified atom stereocenters. The van der Waals surface area contributed by atoms with Crippen LogP contribution in [-0.2, 0) is 14.1 Å². The number of nitrogens with zero attached hydrogens (tertiary/aromatic N) is 1. The molecule has 1 aromatic heterocycles. The third-order valence-corrected chi connectivity index (χ3v) is 10.8. The van der Waals surface area contributed by atoms with Crippen molar-refractivity contribution in [3.8, 4) is 0 Å². The van der Waals surface area contributed by atoms with E-state index < -0.39 is 43.5 Å². The molecular formula is C18H31BF3NO4Si. The molecule has 0 aliphatic carbocycles. The molecule has 0 bridgehead atoms. The second-order valence-electron chi connectivity index (χ2n) is 10.1. The normalized spacial score (nSPS) is 21.2. The van der Waals surface area contributed by atoms with Gasteiger partial charge in [-0.05, 0) is 32.0 Å². The van der Waals surface area contributed by atoms with Gasteiger partial charge in [-0.1, -0.05) is 34.6 Å². The maximum Gasteiger partial charge on any atom is 0.423 e. The molecule has 0 aromatic carbocycles. The van der Waals surface area contributed by atoms with Crippen LogP contribution in [0.5, 0.6) is 0 Å². The minimum atomic E-state index is -4.65. The lowest BCUT2D eigenvalue weighted by molar-refractivity contribution is -0.261. The van der Waals surface area contributed by atoms with Gasteiger partial charge in [0.1, 0.15) is 11.4 Å². The quantitative estimate of drug-likeness (QED) is 0.486. The van der Waals surface area contributed by atoms with Crippen LogP contribution in [-0.4, -0.2) is 32.0 Å². The van der Waals surface area contributed by atoms with Gasteiger partial charge in [0, 0.05) is 12.2 Å². The molecule has 1 aromatic rings. The van der Waals surface area contributed by atoms with Gasteiger partial charge < -0.3 is 8.84 Å². The van der Waals surface area contributed by atoms with Gasteiger partial charge in [-0.3, -0.25) is 4.81 Å². The van der Waals surface area contributed by atoms with Crippen molar-refractivity contribution in [3.05, 3.63) is 11.6 Å². The molecule has 160 valence electrons. The van der Waals surface area contributed by atoms with Gasteiger partial charge in [-0.2, -0.15) is 13.2 Å². The largest absolute Gasteiger partial charge is 0.452 e. The monoisotopic (exact) mass is 421 g/mol. The Balaban J connectivity index is 2.56. The predicted molar refractivity (Wildman–Crippen MR) is 104 cm³/mol. The smallest absolute Gasteiger partial charge is 0.423 e. The van der Waals surface area contributed by atoms with Gasteiger partial charge in [-0.15, -0.1) is 0 Å². The van der Waals surface area contributed by atoms with E-state index in [4.69, 9.17) is 18.5 Å². The fourth-order valence-electron chi connectivity index (χ4n) is 2.67. The van der Waals surface area contributed by atoms with Crippen molar-refractivity contribution in [2.75, 3.05) is 0 Å². The number of aryl methyl sites for hydroxylation is 1. The Morgan fingerprint density at radius 3 is 2.04 bits per heavy atom. The zero-order chi connectivity index (χ0) is 21.9. The molecular weight excluding hydrogens is 390 g/mol. The van der Waals surface area contributed by atoms with E-state index in [1.54, 1.807) is 13.1 Å². The average molecular weight is 421 g/mol. The van der Waals surface area contributed by atoms with Crippen LogP contribution in [0.2, 0.25) is 23.4 Å². The van der Waals surface area contributed by atoms with Crippen LogP contribution in [0.15, 0.2) is 4.42 Å². The molecule has 0 N–H and O–H groups in total. The van der Waals surface area contributed by atoms with Gasteiger partial charge >= 0.3 is 13.1 Å². The molecule has 1 aliphatic heterocycles. The summed E-state index contributed by atoms with van der Waals surface area (Å²) in [5, 5.41) is -1.05. The summed E-state index contributed by atoms with van der Waals surface area (Å²) in [7, 11) is -2.75. The predicted octanol–water partition coefficient (Wildman–Crippen LogP) is 5.33. The first-order chi connectivity index (χ1) is 12.3. The molecule has 2 heterocycles. The van der Waals surface area contributed by atoms with Crippen LogP contribution in [0.1, 0.15) is 66.2 Å². The third kappa shape index (κ3) is 4.06. The van der Waals surface area contributed by atoms with Crippen LogP contribution in [0, 0.1) is 6.92 Å². The minimum Gasteiger partial charge on any atom is -0.452 e. The molecule has 2 rings (SSSR count). The lowest BCUT2D eigenvalue weighted by atomic mass is 9.41. The first-order valence-corrected chi connectivity index (χ1v) is 12.3. The first kappa shape index (κ1) is 23.4. The summed E-state index contributed by atoms with van der Waals surface area (Å²) < 4.78 is 53.7. The summed E-state index contributed by atoms with van der Waals surface area (Å²) in [6.45, 7) is 17.3. The summed E-state index contributed by atoms with van der Waals surface area (Å²) in [4.78, 5) is 14.9.